The van der Waals surface area contributed by atoms with E-state index in [0.29, 0.717) is 25.4 Å². The molecule has 5 fully saturated rings. The normalized spacial score (nSPS) is 31.5. The van der Waals surface area contributed by atoms with Crippen molar-refractivity contribution in [2.45, 2.75) is 83.3 Å². The van der Waals surface area contributed by atoms with E-state index in [1.54, 1.807) is 6.20 Å². The molecule has 0 aromatic carbocycles. The summed E-state index contributed by atoms with van der Waals surface area (Å²) in [5.41, 5.74) is 0.840. The minimum absolute atomic E-state index is 0.0408. The molecule has 2 N–H and O–H groups in total. The van der Waals surface area contributed by atoms with Crippen LogP contribution >= 0.6 is 0 Å². The fraction of sp³-hybridized carbons (Fsp3) is 0.720. The Morgan fingerprint density at radius 2 is 1.71 bits per heavy atom. The van der Waals surface area contributed by atoms with E-state index in [0.717, 1.165) is 55.4 Å². The van der Waals surface area contributed by atoms with Gasteiger partial charge in [0.25, 0.3) is 0 Å². The molecular formula is C25H35N3O3. The summed E-state index contributed by atoms with van der Waals surface area (Å²) in [4.78, 5) is 29.6. The quantitative estimate of drug-likeness (QED) is 0.665. The van der Waals surface area contributed by atoms with Gasteiger partial charge in [0.2, 0.25) is 17.7 Å². The van der Waals surface area contributed by atoms with Crippen LogP contribution in [0.1, 0.15) is 76.2 Å². The monoisotopic (exact) mass is 425 g/mol. The van der Waals surface area contributed by atoms with E-state index in [9.17, 15) is 9.59 Å². The van der Waals surface area contributed by atoms with Crippen LogP contribution in [0.5, 0.6) is 5.88 Å². The smallest absolute Gasteiger partial charge is 0.226 e. The SMILES string of the molecule is O=C(CCNC(=O)C12CC3CC(CC(C3)C1)C2)NCc1ccnc(OC2CCCC2)c1. The second-order valence-corrected chi connectivity index (χ2v) is 10.5. The van der Waals surface area contributed by atoms with Crippen molar-refractivity contribution in [2.75, 3.05) is 6.54 Å². The zero-order valence-electron chi connectivity index (χ0n) is 18.4. The van der Waals surface area contributed by atoms with Crippen LogP contribution < -0.4 is 15.4 Å². The van der Waals surface area contributed by atoms with Crippen molar-refractivity contribution < 1.29 is 14.3 Å². The molecule has 5 aliphatic rings. The topological polar surface area (TPSA) is 80.3 Å². The molecule has 0 atom stereocenters. The Hall–Kier alpha value is -2.11. The Morgan fingerprint density at radius 1 is 1.03 bits per heavy atom. The Bertz CT molecular complexity index is 783. The molecule has 6 nitrogen and oxygen atoms in total. The summed E-state index contributed by atoms with van der Waals surface area (Å²) in [5.74, 6) is 3.05. The van der Waals surface area contributed by atoms with Crippen LogP contribution in [0.4, 0.5) is 0 Å². The predicted octanol–water partition coefficient (Wildman–Crippen LogP) is 3.74. The lowest BCUT2D eigenvalue weighted by atomic mass is 9.49. The van der Waals surface area contributed by atoms with Gasteiger partial charge in [-0.1, -0.05) is 0 Å². The molecule has 168 valence electrons. The third-order valence-electron chi connectivity index (χ3n) is 8.04. The summed E-state index contributed by atoms with van der Waals surface area (Å²) in [6.45, 7) is 0.865. The summed E-state index contributed by atoms with van der Waals surface area (Å²) in [5, 5.41) is 6.04. The van der Waals surface area contributed by atoms with E-state index in [1.165, 1.54) is 32.1 Å². The number of hydrogen-bond donors (Lipinski definition) is 2. The van der Waals surface area contributed by atoms with E-state index in [-0.39, 0.29) is 23.3 Å². The van der Waals surface area contributed by atoms with E-state index < -0.39 is 0 Å². The van der Waals surface area contributed by atoms with Crippen molar-refractivity contribution in [3.8, 4) is 5.88 Å². The van der Waals surface area contributed by atoms with Gasteiger partial charge in [-0.25, -0.2) is 4.98 Å². The van der Waals surface area contributed by atoms with Gasteiger partial charge in [0.15, 0.2) is 0 Å². The summed E-state index contributed by atoms with van der Waals surface area (Å²) in [6.07, 6.45) is 14.1. The second kappa shape index (κ2) is 8.79. The van der Waals surface area contributed by atoms with E-state index in [2.05, 4.69) is 15.6 Å². The Kier molecular flexibility index (Phi) is 5.89. The number of carbonyl (C=O) groups excluding carboxylic acids is 2. The first-order chi connectivity index (χ1) is 15.1. The van der Waals surface area contributed by atoms with Crippen molar-refractivity contribution in [3.05, 3.63) is 23.9 Å². The summed E-state index contributed by atoms with van der Waals surface area (Å²) in [6, 6.07) is 3.81. The molecule has 2 amide bonds. The average Bonchev–Trinajstić information content (AvgIpc) is 3.24. The first kappa shape index (κ1) is 20.8. The van der Waals surface area contributed by atoms with Gasteiger partial charge in [0, 0.05) is 37.2 Å². The molecule has 5 saturated carbocycles. The maximum absolute atomic E-state index is 13.0. The number of rotatable bonds is 8. The first-order valence-electron chi connectivity index (χ1n) is 12.2. The van der Waals surface area contributed by atoms with E-state index in [1.807, 2.05) is 12.1 Å². The van der Waals surface area contributed by atoms with Crippen LogP contribution in [-0.2, 0) is 16.1 Å². The van der Waals surface area contributed by atoms with Gasteiger partial charge in [-0.3, -0.25) is 9.59 Å². The minimum atomic E-state index is -0.141. The first-order valence-corrected chi connectivity index (χ1v) is 12.2. The largest absolute Gasteiger partial charge is 0.474 e. The second-order valence-electron chi connectivity index (χ2n) is 10.5. The lowest BCUT2D eigenvalue weighted by Gasteiger charge is -2.55. The fourth-order valence-corrected chi connectivity index (χ4v) is 6.96. The van der Waals surface area contributed by atoms with Gasteiger partial charge >= 0.3 is 0 Å². The zero-order chi connectivity index (χ0) is 21.3. The van der Waals surface area contributed by atoms with Crippen molar-refractivity contribution in [1.29, 1.82) is 0 Å². The molecule has 1 aromatic rings. The molecule has 31 heavy (non-hydrogen) atoms. The third kappa shape index (κ3) is 4.73. The van der Waals surface area contributed by atoms with Gasteiger partial charge in [-0.05, 0) is 93.6 Å². The molecule has 6 rings (SSSR count). The maximum atomic E-state index is 13.0. The van der Waals surface area contributed by atoms with E-state index >= 15 is 0 Å². The molecule has 4 bridgehead atoms. The molecular weight excluding hydrogens is 390 g/mol. The summed E-state index contributed by atoms with van der Waals surface area (Å²) >= 11 is 0. The van der Waals surface area contributed by atoms with Crippen LogP contribution in [0, 0.1) is 23.2 Å². The molecule has 0 saturated heterocycles. The highest BCUT2D eigenvalue weighted by Gasteiger charge is 2.54. The van der Waals surface area contributed by atoms with Crippen molar-refractivity contribution in [1.82, 2.24) is 15.6 Å². The highest BCUT2D eigenvalue weighted by Crippen LogP contribution is 2.60. The number of pyridine rings is 1. The molecule has 5 aliphatic carbocycles. The van der Waals surface area contributed by atoms with Crippen LogP contribution in [0.15, 0.2) is 18.3 Å². The zero-order valence-corrected chi connectivity index (χ0v) is 18.4. The van der Waals surface area contributed by atoms with Crippen LogP contribution in [0.2, 0.25) is 0 Å². The lowest BCUT2D eigenvalue weighted by molar-refractivity contribution is -0.146. The molecule has 0 radical (unpaired) electrons. The van der Waals surface area contributed by atoms with Crippen molar-refractivity contribution in [2.24, 2.45) is 23.2 Å². The van der Waals surface area contributed by atoms with Crippen LogP contribution in [-0.4, -0.2) is 29.4 Å². The molecule has 0 aliphatic heterocycles. The van der Waals surface area contributed by atoms with Gasteiger partial charge in [0.05, 0.1) is 0 Å². The van der Waals surface area contributed by atoms with Crippen molar-refractivity contribution in [3.63, 3.8) is 0 Å². The summed E-state index contributed by atoms with van der Waals surface area (Å²) in [7, 11) is 0. The standard InChI is InChI=1S/C25H35N3O3/c29-22(28-16-17-5-7-26-23(12-17)31-21-3-1-2-4-21)6-8-27-24(30)25-13-18-9-19(14-25)11-20(10-18)15-25/h5,7,12,18-21H,1-4,6,8-11,13-16H2,(H,27,30)(H,28,29). The number of nitrogens with one attached hydrogen (secondary N) is 2. The minimum Gasteiger partial charge on any atom is -0.474 e. The van der Waals surface area contributed by atoms with Gasteiger partial charge in [-0.2, -0.15) is 0 Å². The van der Waals surface area contributed by atoms with Gasteiger partial charge < -0.3 is 15.4 Å². The Balaban J connectivity index is 1.05. The average molecular weight is 426 g/mol. The van der Waals surface area contributed by atoms with Crippen LogP contribution in [0.3, 0.4) is 0 Å². The molecule has 6 heteroatoms. The number of nitrogens with zero attached hydrogens (tertiary/aromatic N) is 1. The van der Waals surface area contributed by atoms with Gasteiger partial charge in [0.1, 0.15) is 6.10 Å². The Labute approximate surface area is 184 Å². The number of carbonyl (C=O) groups is 2. The highest BCUT2D eigenvalue weighted by atomic mass is 16.5. The van der Waals surface area contributed by atoms with E-state index in [4.69, 9.17) is 4.74 Å². The number of aromatic nitrogens is 1. The molecule has 1 heterocycles. The van der Waals surface area contributed by atoms with Crippen molar-refractivity contribution >= 4 is 11.8 Å². The summed E-state index contributed by atoms with van der Waals surface area (Å²) < 4.78 is 5.94. The number of amides is 2. The molecule has 0 unspecified atom stereocenters. The Morgan fingerprint density at radius 3 is 2.39 bits per heavy atom. The number of ether oxygens (including phenoxy) is 1. The number of hydrogen-bond acceptors (Lipinski definition) is 4. The molecule has 0 spiro atoms. The van der Waals surface area contributed by atoms with Crippen LogP contribution in [0.25, 0.3) is 0 Å². The maximum Gasteiger partial charge on any atom is 0.226 e. The fourth-order valence-electron chi connectivity index (χ4n) is 6.96. The highest BCUT2D eigenvalue weighted by molar-refractivity contribution is 5.84. The lowest BCUT2D eigenvalue weighted by Crippen LogP contribution is -2.53. The van der Waals surface area contributed by atoms with Gasteiger partial charge in [-0.15, -0.1) is 0 Å². The third-order valence-corrected chi connectivity index (χ3v) is 8.04. The molecule has 1 aromatic heterocycles. The predicted molar refractivity (Wildman–Crippen MR) is 117 cm³/mol.